The number of carbonyl (C=O) groups excluding carboxylic acids is 1. The lowest BCUT2D eigenvalue weighted by molar-refractivity contribution is -0.128. The minimum atomic E-state index is 0.179. The van der Waals surface area contributed by atoms with E-state index in [1.54, 1.807) is 4.90 Å². The van der Waals surface area contributed by atoms with Gasteiger partial charge in [0.15, 0.2) is 0 Å². The molecule has 0 spiro atoms. The van der Waals surface area contributed by atoms with Crippen molar-refractivity contribution in [3.63, 3.8) is 0 Å². The lowest BCUT2D eigenvalue weighted by Gasteiger charge is -2.22. The first-order valence-corrected chi connectivity index (χ1v) is 7.34. The molecule has 2 atom stereocenters. The second-order valence-corrected chi connectivity index (χ2v) is 5.43. The molecule has 0 bridgehead atoms. The maximum Gasteiger partial charge on any atom is 0.236 e. The van der Waals surface area contributed by atoms with Gasteiger partial charge in [-0.3, -0.25) is 4.79 Å². The first kappa shape index (κ1) is 15.4. The summed E-state index contributed by atoms with van der Waals surface area (Å²) < 4.78 is 0. The zero-order chi connectivity index (χ0) is 13.4. The first-order chi connectivity index (χ1) is 8.63. The van der Waals surface area contributed by atoms with E-state index in [0.29, 0.717) is 18.6 Å². The minimum Gasteiger partial charge on any atom is -0.345 e. The van der Waals surface area contributed by atoms with Crippen LogP contribution in [-0.4, -0.2) is 49.6 Å². The van der Waals surface area contributed by atoms with Crippen LogP contribution in [0.3, 0.4) is 0 Å². The number of likely N-dealkylation sites (N-methyl/N-ethyl adjacent to an activating group) is 1. The SMILES string of the molecule is CCN(C)C(=O)CNC(C)CC1CCCCCN1. The second-order valence-electron chi connectivity index (χ2n) is 5.43. The van der Waals surface area contributed by atoms with Gasteiger partial charge in [0.1, 0.15) is 0 Å². The molecule has 0 aromatic heterocycles. The zero-order valence-electron chi connectivity index (χ0n) is 12.2. The Morgan fingerprint density at radius 2 is 2.22 bits per heavy atom. The van der Waals surface area contributed by atoms with E-state index in [9.17, 15) is 4.79 Å². The standard InChI is InChI=1S/C14H29N3O/c1-4-17(3)14(18)11-16-12(2)10-13-8-6-5-7-9-15-13/h12-13,15-16H,4-11H2,1-3H3. The Bertz CT molecular complexity index is 237. The summed E-state index contributed by atoms with van der Waals surface area (Å²) in [5.41, 5.74) is 0. The van der Waals surface area contributed by atoms with Crippen molar-refractivity contribution in [2.24, 2.45) is 0 Å². The van der Waals surface area contributed by atoms with Gasteiger partial charge in [0.2, 0.25) is 5.91 Å². The van der Waals surface area contributed by atoms with Crippen molar-refractivity contribution >= 4 is 5.91 Å². The van der Waals surface area contributed by atoms with E-state index in [4.69, 9.17) is 0 Å². The lowest BCUT2D eigenvalue weighted by atomic mass is 10.0. The quantitative estimate of drug-likeness (QED) is 0.753. The van der Waals surface area contributed by atoms with Crippen molar-refractivity contribution < 1.29 is 4.79 Å². The predicted molar refractivity (Wildman–Crippen MR) is 75.7 cm³/mol. The van der Waals surface area contributed by atoms with Gasteiger partial charge in [0, 0.05) is 25.7 Å². The molecule has 2 N–H and O–H groups in total. The van der Waals surface area contributed by atoms with Gasteiger partial charge in [-0.25, -0.2) is 0 Å². The third kappa shape index (κ3) is 5.83. The molecule has 1 saturated heterocycles. The highest BCUT2D eigenvalue weighted by Gasteiger charge is 2.15. The lowest BCUT2D eigenvalue weighted by Crippen LogP contribution is -2.42. The molecule has 2 unspecified atom stereocenters. The molecular weight excluding hydrogens is 226 g/mol. The topological polar surface area (TPSA) is 44.4 Å². The highest BCUT2D eigenvalue weighted by atomic mass is 16.2. The molecule has 0 radical (unpaired) electrons. The van der Waals surface area contributed by atoms with E-state index in [0.717, 1.165) is 19.5 Å². The molecular formula is C14H29N3O. The van der Waals surface area contributed by atoms with E-state index in [2.05, 4.69) is 17.6 Å². The fourth-order valence-electron chi connectivity index (χ4n) is 2.38. The summed E-state index contributed by atoms with van der Waals surface area (Å²) in [6, 6.07) is 1.02. The van der Waals surface area contributed by atoms with E-state index in [1.807, 2.05) is 14.0 Å². The number of hydrogen-bond donors (Lipinski definition) is 2. The van der Waals surface area contributed by atoms with Crippen molar-refractivity contribution in [1.29, 1.82) is 0 Å². The van der Waals surface area contributed by atoms with E-state index in [1.165, 1.54) is 25.7 Å². The Hall–Kier alpha value is -0.610. The zero-order valence-corrected chi connectivity index (χ0v) is 12.2. The van der Waals surface area contributed by atoms with Gasteiger partial charge < -0.3 is 15.5 Å². The summed E-state index contributed by atoms with van der Waals surface area (Å²) >= 11 is 0. The van der Waals surface area contributed by atoms with Crippen LogP contribution in [0.2, 0.25) is 0 Å². The van der Waals surface area contributed by atoms with Gasteiger partial charge in [-0.15, -0.1) is 0 Å². The smallest absolute Gasteiger partial charge is 0.236 e. The third-order valence-corrected chi connectivity index (χ3v) is 3.80. The second kappa shape index (κ2) is 8.48. The van der Waals surface area contributed by atoms with Gasteiger partial charge in [-0.05, 0) is 39.7 Å². The molecule has 18 heavy (non-hydrogen) atoms. The Morgan fingerprint density at radius 1 is 1.44 bits per heavy atom. The number of hydrogen-bond acceptors (Lipinski definition) is 3. The summed E-state index contributed by atoms with van der Waals surface area (Å²) in [5.74, 6) is 0.179. The van der Waals surface area contributed by atoms with Crippen molar-refractivity contribution in [2.75, 3.05) is 26.7 Å². The maximum absolute atomic E-state index is 11.7. The van der Waals surface area contributed by atoms with Crippen LogP contribution in [0.25, 0.3) is 0 Å². The van der Waals surface area contributed by atoms with Crippen LogP contribution in [0.4, 0.5) is 0 Å². The maximum atomic E-state index is 11.7. The molecule has 1 heterocycles. The molecule has 0 aromatic rings. The largest absolute Gasteiger partial charge is 0.345 e. The van der Waals surface area contributed by atoms with Crippen LogP contribution in [0.5, 0.6) is 0 Å². The van der Waals surface area contributed by atoms with Crippen LogP contribution < -0.4 is 10.6 Å². The molecule has 106 valence electrons. The van der Waals surface area contributed by atoms with Gasteiger partial charge in [-0.1, -0.05) is 12.8 Å². The number of nitrogens with one attached hydrogen (secondary N) is 2. The number of rotatable bonds is 6. The average Bonchev–Trinajstić information content (AvgIpc) is 2.63. The number of amides is 1. The summed E-state index contributed by atoms with van der Waals surface area (Å²) in [7, 11) is 1.85. The molecule has 1 fully saturated rings. The van der Waals surface area contributed by atoms with Crippen molar-refractivity contribution in [3.8, 4) is 0 Å². The summed E-state index contributed by atoms with van der Waals surface area (Å²) in [5, 5.41) is 6.93. The highest BCUT2D eigenvalue weighted by molar-refractivity contribution is 5.77. The third-order valence-electron chi connectivity index (χ3n) is 3.80. The van der Waals surface area contributed by atoms with Crippen LogP contribution in [0, 0.1) is 0 Å². The van der Waals surface area contributed by atoms with Crippen LogP contribution in [0.15, 0.2) is 0 Å². The minimum absolute atomic E-state index is 0.179. The van der Waals surface area contributed by atoms with Crippen molar-refractivity contribution in [2.45, 2.75) is 58.0 Å². The van der Waals surface area contributed by atoms with Crippen LogP contribution in [0.1, 0.15) is 46.0 Å². The van der Waals surface area contributed by atoms with E-state index in [-0.39, 0.29) is 5.91 Å². The molecule has 1 rings (SSSR count). The highest BCUT2D eigenvalue weighted by Crippen LogP contribution is 2.12. The molecule has 1 aliphatic heterocycles. The molecule has 0 saturated carbocycles. The molecule has 1 aliphatic rings. The van der Waals surface area contributed by atoms with Gasteiger partial charge >= 0.3 is 0 Å². The van der Waals surface area contributed by atoms with E-state index >= 15 is 0 Å². The molecule has 0 aliphatic carbocycles. The monoisotopic (exact) mass is 255 g/mol. The van der Waals surface area contributed by atoms with Gasteiger partial charge in [-0.2, -0.15) is 0 Å². The predicted octanol–water partition coefficient (Wildman–Crippen LogP) is 1.37. The molecule has 4 heteroatoms. The average molecular weight is 255 g/mol. The Labute approximate surface area is 111 Å². The Balaban J connectivity index is 2.19. The normalized spacial score (nSPS) is 22.3. The summed E-state index contributed by atoms with van der Waals surface area (Å²) in [6.07, 6.45) is 6.38. The number of nitrogens with zero attached hydrogens (tertiary/aromatic N) is 1. The van der Waals surface area contributed by atoms with Gasteiger partial charge in [0.05, 0.1) is 6.54 Å². The molecule has 4 nitrogen and oxygen atoms in total. The summed E-state index contributed by atoms with van der Waals surface area (Å²) in [6.45, 7) is 6.55. The fraction of sp³-hybridized carbons (Fsp3) is 0.929. The molecule has 1 amide bonds. The first-order valence-electron chi connectivity index (χ1n) is 7.34. The van der Waals surface area contributed by atoms with Crippen LogP contribution in [-0.2, 0) is 4.79 Å². The summed E-state index contributed by atoms with van der Waals surface area (Å²) in [4.78, 5) is 13.4. The van der Waals surface area contributed by atoms with E-state index < -0.39 is 0 Å². The van der Waals surface area contributed by atoms with Gasteiger partial charge in [0.25, 0.3) is 0 Å². The van der Waals surface area contributed by atoms with Crippen LogP contribution >= 0.6 is 0 Å². The Kier molecular flexibility index (Phi) is 7.28. The fourth-order valence-corrected chi connectivity index (χ4v) is 2.38. The Morgan fingerprint density at radius 3 is 2.94 bits per heavy atom. The van der Waals surface area contributed by atoms with Crippen molar-refractivity contribution in [3.05, 3.63) is 0 Å². The number of carbonyl (C=O) groups is 1. The molecule has 0 aromatic carbocycles. The van der Waals surface area contributed by atoms with Crippen molar-refractivity contribution in [1.82, 2.24) is 15.5 Å².